The Morgan fingerprint density at radius 3 is 2.76 bits per heavy atom. The minimum Gasteiger partial charge on any atom is -0.311 e. The Balaban J connectivity index is 1.86. The molecule has 1 saturated heterocycles. The molecule has 0 amide bonds. The normalized spacial score (nSPS) is 27.9. The molecular formula is C11H23N3O2S. The minimum atomic E-state index is -3.31. The lowest BCUT2D eigenvalue weighted by Gasteiger charge is -2.48. The summed E-state index contributed by atoms with van der Waals surface area (Å²) < 4.78 is 28.8. The van der Waals surface area contributed by atoms with Gasteiger partial charge in [-0.15, -0.1) is 0 Å². The summed E-state index contributed by atoms with van der Waals surface area (Å²) in [5, 5.41) is 3.54. The van der Waals surface area contributed by atoms with Crippen molar-refractivity contribution in [2.45, 2.75) is 57.0 Å². The van der Waals surface area contributed by atoms with Gasteiger partial charge in [0.05, 0.1) is 0 Å². The maximum absolute atomic E-state index is 11.7. The molecule has 5 nitrogen and oxygen atoms in total. The maximum atomic E-state index is 11.7. The first-order chi connectivity index (χ1) is 8.05. The smallest absolute Gasteiger partial charge is 0.277 e. The molecular weight excluding hydrogens is 238 g/mol. The van der Waals surface area contributed by atoms with E-state index in [2.05, 4.69) is 14.8 Å². The summed E-state index contributed by atoms with van der Waals surface area (Å²) in [4.78, 5) is 0. The van der Waals surface area contributed by atoms with Crippen LogP contribution in [0.5, 0.6) is 0 Å². The first-order valence-electron chi connectivity index (χ1n) is 6.57. The van der Waals surface area contributed by atoms with Crippen molar-refractivity contribution in [3.63, 3.8) is 0 Å². The molecule has 1 atom stereocenters. The van der Waals surface area contributed by atoms with Gasteiger partial charge in [-0.1, -0.05) is 6.92 Å². The highest BCUT2D eigenvalue weighted by atomic mass is 32.2. The highest BCUT2D eigenvalue weighted by molar-refractivity contribution is 7.87. The standard InChI is InChI=1S/C11H23N3O2S/c1-2-7-13-17(15,16)14-10-4-8-12-11(9-10)5-3-6-11/h10,12-14H,2-9H2,1H3. The lowest BCUT2D eigenvalue weighted by atomic mass is 9.70. The van der Waals surface area contributed by atoms with Crippen LogP contribution in [0.3, 0.4) is 0 Å². The molecule has 3 N–H and O–H groups in total. The van der Waals surface area contributed by atoms with Crippen LogP contribution in [0.15, 0.2) is 0 Å². The first kappa shape index (κ1) is 13.3. The fourth-order valence-electron chi connectivity index (χ4n) is 2.74. The van der Waals surface area contributed by atoms with Gasteiger partial charge in [0.15, 0.2) is 0 Å². The van der Waals surface area contributed by atoms with Gasteiger partial charge < -0.3 is 5.32 Å². The molecule has 1 aliphatic carbocycles. The number of hydrogen-bond donors (Lipinski definition) is 3. The molecule has 100 valence electrons. The van der Waals surface area contributed by atoms with Gasteiger partial charge in [0.1, 0.15) is 0 Å². The Morgan fingerprint density at radius 2 is 2.18 bits per heavy atom. The number of piperidine rings is 1. The molecule has 0 aromatic heterocycles. The summed E-state index contributed by atoms with van der Waals surface area (Å²) in [6.07, 6.45) is 6.27. The monoisotopic (exact) mass is 261 g/mol. The third kappa shape index (κ3) is 3.40. The Kier molecular flexibility index (Phi) is 4.07. The van der Waals surface area contributed by atoms with Gasteiger partial charge in [0.2, 0.25) is 0 Å². The first-order valence-corrected chi connectivity index (χ1v) is 8.05. The fourth-order valence-corrected chi connectivity index (χ4v) is 3.94. The molecule has 2 aliphatic rings. The zero-order chi connectivity index (χ0) is 12.4. The van der Waals surface area contributed by atoms with E-state index < -0.39 is 10.2 Å². The maximum Gasteiger partial charge on any atom is 0.277 e. The van der Waals surface area contributed by atoms with Gasteiger partial charge in [-0.25, -0.2) is 4.72 Å². The molecule has 0 bridgehead atoms. The second-order valence-electron chi connectivity index (χ2n) is 5.27. The van der Waals surface area contributed by atoms with Crippen molar-refractivity contribution in [1.29, 1.82) is 0 Å². The third-order valence-corrected chi connectivity index (χ3v) is 5.03. The molecule has 17 heavy (non-hydrogen) atoms. The van der Waals surface area contributed by atoms with Crippen LogP contribution in [-0.4, -0.2) is 33.1 Å². The van der Waals surface area contributed by atoms with Crippen molar-refractivity contribution in [3.8, 4) is 0 Å². The van der Waals surface area contributed by atoms with Crippen molar-refractivity contribution < 1.29 is 8.42 Å². The zero-order valence-electron chi connectivity index (χ0n) is 10.5. The van der Waals surface area contributed by atoms with E-state index in [0.717, 1.165) is 25.8 Å². The van der Waals surface area contributed by atoms with Crippen LogP contribution >= 0.6 is 0 Å². The lowest BCUT2D eigenvalue weighted by Crippen LogP contribution is -2.60. The molecule has 2 fully saturated rings. The molecule has 1 heterocycles. The lowest BCUT2D eigenvalue weighted by molar-refractivity contribution is 0.126. The molecule has 6 heteroatoms. The SMILES string of the molecule is CCCNS(=O)(=O)NC1CCNC2(CCC2)C1. The molecule has 1 aliphatic heterocycles. The van der Waals surface area contributed by atoms with E-state index in [0.29, 0.717) is 6.54 Å². The average Bonchev–Trinajstić information content (AvgIpc) is 2.24. The summed E-state index contributed by atoms with van der Waals surface area (Å²) in [6.45, 7) is 3.38. The fraction of sp³-hybridized carbons (Fsp3) is 1.00. The molecule has 0 aromatic rings. The highest BCUT2D eigenvalue weighted by Crippen LogP contribution is 2.38. The Morgan fingerprint density at radius 1 is 1.41 bits per heavy atom. The molecule has 0 aromatic carbocycles. The van der Waals surface area contributed by atoms with Crippen LogP contribution in [0.1, 0.15) is 45.4 Å². The van der Waals surface area contributed by atoms with Gasteiger partial charge in [-0.3, -0.25) is 0 Å². The predicted molar refractivity (Wildman–Crippen MR) is 68.0 cm³/mol. The van der Waals surface area contributed by atoms with E-state index >= 15 is 0 Å². The van der Waals surface area contributed by atoms with Crippen molar-refractivity contribution in [3.05, 3.63) is 0 Å². The summed E-state index contributed by atoms with van der Waals surface area (Å²) in [7, 11) is -3.31. The Bertz CT molecular complexity index is 352. The predicted octanol–water partition coefficient (Wildman–Crippen LogP) is 0.495. The van der Waals surface area contributed by atoms with Crippen molar-refractivity contribution in [2.24, 2.45) is 0 Å². The second kappa shape index (κ2) is 5.22. The minimum absolute atomic E-state index is 0.0888. The molecule has 0 radical (unpaired) electrons. The van der Waals surface area contributed by atoms with Crippen molar-refractivity contribution in [2.75, 3.05) is 13.1 Å². The zero-order valence-corrected chi connectivity index (χ0v) is 11.3. The van der Waals surface area contributed by atoms with Gasteiger partial charge in [0, 0.05) is 18.1 Å². The largest absolute Gasteiger partial charge is 0.311 e. The van der Waals surface area contributed by atoms with Gasteiger partial charge in [-0.05, 0) is 45.1 Å². The Hall–Kier alpha value is -0.170. The van der Waals surface area contributed by atoms with Crippen molar-refractivity contribution >= 4 is 10.2 Å². The number of rotatable bonds is 5. The molecule has 1 unspecified atom stereocenters. The second-order valence-corrected chi connectivity index (χ2v) is 6.80. The summed E-state index contributed by atoms with van der Waals surface area (Å²) in [5.74, 6) is 0. The van der Waals surface area contributed by atoms with Crippen LogP contribution < -0.4 is 14.8 Å². The summed E-state index contributed by atoms with van der Waals surface area (Å²) in [5.41, 5.74) is 0.232. The van der Waals surface area contributed by atoms with E-state index in [-0.39, 0.29) is 11.6 Å². The highest BCUT2D eigenvalue weighted by Gasteiger charge is 2.41. The van der Waals surface area contributed by atoms with Gasteiger partial charge in [-0.2, -0.15) is 13.1 Å². The Labute approximate surface area is 104 Å². The van der Waals surface area contributed by atoms with E-state index in [1.807, 2.05) is 6.92 Å². The summed E-state index contributed by atoms with van der Waals surface area (Å²) in [6, 6.07) is 0.0888. The van der Waals surface area contributed by atoms with E-state index in [1.54, 1.807) is 0 Å². The van der Waals surface area contributed by atoms with Crippen LogP contribution in [0.4, 0.5) is 0 Å². The van der Waals surface area contributed by atoms with E-state index in [1.165, 1.54) is 19.3 Å². The van der Waals surface area contributed by atoms with Crippen LogP contribution in [0.2, 0.25) is 0 Å². The van der Waals surface area contributed by atoms with E-state index in [9.17, 15) is 8.42 Å². The summed E-state index contributed by atoms with van der Waals surface area (Å²) >= 11 is 0. The van der Waals surface area contributed by atoms with Crippen LogP contribution in [0, 0.1) is 0 Å². The third-order valence-electron chi connectivity index (χ3n) is 3.80. The van der Waals surface area contributed by atoms with Crippen LogP contribution in [-0.2, 0) is 10.2 Å². The number of nitrogens with one attached hydrogen (secondary N) is 3. The average molecular weight is 261 g/mol. The quantitative estimate of drug-likeness (QED) is 0.675. The molecule has 1 spiro atoms. The van der Waals surface area contributed by atoms with Crippen LogP contribution in [0.25, 0.3) is 0 Å². The molecule has 2 rings (SSSR count). The van der Waals surface area contributed by atoms with Crippen molar-refractivity contribution in [1.82, 2.24) is 14.8 Å². The topological polar surface area (TPSA) is 70.2 Å². The van der Waals surface area contributed by atoms with E-state index in [4.69, 9.17) is 0 Å². The number of hydrogen-bond acceptors (Lipinski definition) is 3. The van der Waals surface area contributed by atoms with Gasteiger partial charge in [0.25, 0.3) is 10.2 Å². The molecule has 1 saturated carbocycles. The van der Waals surface area contributed by atoms with Gasteiger partial charge >= 0.3 is 0 Å².